The van der Waals surface area contributed by atoms with E-state index < -0.39 is 0 Å². The van der Waals surface area contributed by atoms with E-state index in [0.717, 1.165) is 66.6 Å². The van der Waals surface area contributed by atoms with Crippen molar-refractivity contribution < 1.29 is 4.42 Å². The molecule has 0 amide bonds. The number of rotatable bonds is 6. The molecule has 0 aliphatic heterocycles. The second kappa shape index (κ2) is 11.7. The quantitative estimate of drug-likeness (QED) is 0.187. The first-order chi connectivity index (χ1) is 23.8. The van der Waals surface area contributed by atoms with E-state index in [1.54, 1.807) is 0 Å². The predicted molar refractivity (Wildman–Crippen MR) is 200 cm³/mol. The van der Waals surface area contributed by atoms with Crippen LogP contribution in [0.1, 0.15) is 0 Å². The standard InChI is InChI=1S/C45H30N2O/c1-3-11-31(12-4-1)32-19-21-33(22-20-32)34-23-26-37(27-24-34)47(42-18-10-9-16-39(42)35-13-5-2-6-14-35)38-29-43-44(46-30-38)41-28-25-36-15-7-8-17-40(36)45(41)48-43/h1-30H. The summed E-state index contributed by atoms with van der Waals surface area (Å²) in [6, 6.07) is 61.8. The number of hydrogen-bond acceptors (Lipinski definition) is 3. The Morgan fingerprint density at radius 3 is 1.75 bits per heavy atom. The van der Waals surface area contributed by atoms with Crippen molar-refractivity contribution in [2.24, 2.45) is 0 Å². The molecule has 0 atom stereocenters. The predicted octanol–water partition coefficient (Wildman–Crippen LogP) is 12.6. The molecular weight excluding hydrogens is 585 g/mol. The molecule has 0 saturated heterocycles. The van der Waals surface area contributed by atoms with E-state index in [4.69, 9.17) is 9.40 Å². The maximum Gasteiger partial charge on any atom is 0.155 e. The summed E-state index contributed by atoms with van der Waals surface area (Å²) in [5.74, 6) is 0. The summed E-state index contributed by atoms with van der Waals surface area (Å²) in [4.78, 5) is 7.29. The van der Waals surface area contributed by atoms with Crippen LogP contribution in [0, 0.1) is 0 Å². The molecule has 0 unspecified atom stereocenters. The second-order valence-electron chi connectivity index (χ2n) is 12.0. The fourth-order valence-corrected chi connectivity index (χ4v) is 6.73. The molecule has 0 radical (unpaired) electrons. The number of pyridine rings is 1. The molecule has 0 aliphatic rings. The van der Waals surface area contributed by atoms with E-state index in [1.807, 2.05) is 12.3 Å². The third kappa shape index (κ3) is 4.90. The molecule has 9 aromatic rings. The van der Waals surface area contributed by atoms with Crippen LogP contribution < -0.4 is 4.90 Å². The lowest BCUT2D eigenvalue weighted by Crippen LogP contribution is -2.11. The van der Waals surface area contributed by atoms with E-state index in [9.17, 15) is 0 Å². The van der Waals surface area contributed by atoms with Gasteiger partial charge in [-0.3, -0.25) is 0 Å². The summed E-state index contributed by atoms with van der Waals surface area (Å²) in [6.07, 6.45) is 1.96. The lowest BCUT2D eigenvalue weighted by Gasteiger charge is -2.27. The van der Waals surface area contributed by atoms with E-state index in [2.05, 4.69) is 175 Å². The van der Waals surface area contributed by atoms with Gasteiger partial charge in [-0.15, -0.1) is 0 Å². The van der Waals surface area contributed by atoms with Gasteiger partial charge >= 0.3 is 0 Å². The average Bonchev–Trinajstić information content (AvgIpc) is 3.55. The number of furan rings is 1. The zero-order valence-corrected chi connectivity index (χ0v) is 26.1. The molecule has 0 bridgehead atoms. The van der Waals surface area contributed by atoms with Gasteiger partial charge in [0.2, 0.25) is 0 Å². The van der Waals surface area contributed by atoms with Gasteiger partial charge in [-0.2, -0.15) is 0 Å². The maximum atomic E-state index is 6.57. The number of anilines is 3. The summed E-state index contributed by atoms with van der Waals surface area (Å²) in [7, 11) is 0. The van der Waals surface area contributed by atoms with Crippen LogP contribution in [0.25, 0.3) is 66.2 Å². The third-order valence-corrected chi connectivity index (χ3v) is 9.12. The molecule has 3 nitrogen and oxygen atoms in total. The van der Waals surface area contributed by atoms with Crippen LogP contribution in [0.5, 0.6) is 0 Å². The molecular formula is C45H30N2O. The number of aromatic nitrogens is 1. The first-order valence-electron chi connectivity index (χ1n) is 16.2. The Labute approximate surface area is 279 Å². The van der Waals surface area contributed by atoms with Gasteiger partial charge in [0.05, 0.1) is 17.6 Å². The number of benzene rings is 7. The minimum absolute atomic E-state index is 0.760. The zero-order chi connectivity index (χ0) is 31.9. The molecule has 0 aliphatic carbocycles. The molecule has 226 valence electrons. The van der Waals surface area contributed by atoms with Gasteiger partial charge < -0.3 is 9.32 Å². The van der Waals surface area contributed by atoms with Crippen LogP contribution in [0.4, 0.5) is 17.1 Å². The second-order valence-corrected chi connectivity index (χ2v) is 12.0. The Hall–Kier alpha value is -6.45. The number of nitrogens with zero attached hydrogens (tertiary/aromatic N) is 2. The molecule has 9 rings (SSSR count). The lowest BCUT2D eigenvalue weighted by molar-refractivity contribution is 0.672. The number of fused-ring (bicyclic) bond motifs is 5. The van der Waals surface area contributed by atoms with Crippen molar-refractivity contribution in [3.05, 3.63) is 182 Å². The van der Waals surface area contributed by atoms with Crippen LogP contribution >= 0.6 is 0 Å². The zero-order valence-electron chi connectivity index (χ0n) is 26.1. The third-order valence-electron chi connectivity index (χ3n) is 9.12. The molecule has 0 N–H and O–H groups in total. The van der Waals surface area contributed by atoms with Gasteiger partial charge in [-0.1, -0.05) is 146 Å². The van der Waals surface area contributed by atoms with Crippen LogP contribution in [0.15, 0.2) is 187 Å². The molecule has 3 heteroatoms. The highest BCUT2D eigenvalue weighted by Gasteiger charge is 2.20. The van der Waals surface area contributed by atoms with E-state index in [-0.39, 0.29) is 0 Å². The highest BCUT2D eigenvalue weighted by molar-refractivity contribution is 6.14. The highest BCUT2D eigenvalue weighted by Crippen LogP contribution is 2.43. The summed E-state index contributed by atoms with van der Waals surface area (Å²) >= 11 is 0. The van der Waals surface area contributed by atoms with Crippen molar-refractivity contribution in [3.8, 4) is 33.4 Å². The Kier molecular flexibility index (Phi) is 6.80. The van der Waals surface area contributed by atoms with Gasteiger partial charge in [0.1, 0.15) is 11.1 Å². The van der Waals surface area contributed by atoms with E-state index in [1.165, 1.54) is 16.7 Å². The van der Waals surface area contributed by atoms with Gasteiger partial charge in [0.15, 0.2) is 5.58 Å². The van der Waals surface area contributed by atoms with Gasteiger partial charge in [0.25, 0.3) is 0 Å². The van der Waals surface area contributed by atoms with E-state index in [0.29, 0.717) is 0 Å². The molecule has 0 spiro atoms. The first kappa shape index (κ1) is 27.8. The van der Waals surface area contributed by atoms with Crippen molar-refractivity contribution >= 4 is 49.9 Å². The van der Waals surface area contributed by atoms with Crippen LogP contribution in [0.2, 0.25) is 0 Å². The van der Waals surface area contributed by atoms with E-state index >= 15 is 0 Å². The van der Waals surface area contributed by atoms with Crippen molar-refractivity contribution in [3.63, 3.8) is 0 Å². The fourth-order valence-electron chi connectivity index (χ4n) is 6.73. The van der Waals surface area contributed by atoms with Crippen molar-refractivity contribution in [1.82, 2.24) is 4.98 Å². The largest absolute Gasteiger partial charge is 0.454 e. The Bertz CT molecular complexity index is 2540. The van der Waals surface area contributed by atoms with Gasteiger partial charge in [-0.25, -0.2) is 4.98 Å². The number of para-hydroxylation sites is 1. The first-order valence-corrected chi connectivity index (χ1v) is 16.2. The molecule has 48 heavy (non-hydrogen) atoms. The van der Waals surface area contributed by atoms with Crippen molar-refractivity contribution in [2.75, 3.05) is 4.90 Å². The normalized spacial score (nSPS) is 11.3. The summed E-state index contributed by atoms with van der Waals surface area (Å²) in [5, 5.41) is 3.26. The SMILES string of the molecule is c1ccc(-c2ccc(-c3ccc(N(c4cnc5c(c4)oc4c6ccccc6ccc54)c4ccccc4-c4ccccc4)cc3)cc2)cc1. The fraction of sp³-hybridized carbons (Fsp3) is 0. The molecule has 0 fully saturated rings. The van der Waals surface area contributed by atoms with Crippen LogP contribution in [-0.2, 0) is 0 Å². The lowest BCUT2D eigenvalue weighted by atomic mass is 9.99. The topological polar surface area (TPSA) is 29.3 Å². The maximum absolute atomic E-state index is 6.57. The van der Waals surface area contributed by atoms with Crippen molar-refractivity contribution in [1.29, 1.82) is 0 Å². The van der Waals surface area contributed by atoms with Gasteiger partial charge in [0, 0.05) is 28.1 Å². The summed E-state index contributed by atoms with van der Waals surface area (Å²) in [5.41, 5.74) is 12.6. The highest BCUT2D eigenvalue weighted by atomic mass is 16.3. The van der Waals surface area contributed by atoms with Gasteiger partial charge in [-0.05, 0) is 57.5 Å². The summed E-state index contributed by atoms with van der Waals surface area (Å²) < 4.78 is 6.57. The smallest absolute Gasteiger partial charge is 0.155 e. The molecule has 0 saturated carbocycles. The Balaban J connectivity index is 1.17. The monoisotopic (exact) mass is 614 g/mol. The van der Waals surface area contributed by atoms with Crippen molar-refractivity contribution in [2.45, 2.75) is 0 Å². The Morgan fingerprint density at radius 2 is 1.02 bits per heavy atom. The summed E-state index contributed by atoms with van der Waals surface area (Å²) in [6.45, 7) is 0. The minimum Gasteiger partial charge on any atom is -0.454 e. The molecule has 7 aromatic carbocycles. The Morgan fingerprint density at radius 1 is 0.438 bits per heavy atom. The minimum atomic E-state index is 0.760. The van der Waals surface area contributed by atoms with Crippen LogP contribution in [-0.4, -0.2) is 4.98 Å². The van der Waals surface area contributed by atoms with Crippen LogP contribution in [0.3, 0.4) is 0 Å². The average molecular weight is 615 g/mol. The molecule has 2 heterocycles. The molecule has 2 aromatic heterocycles. The number of hydrogen-bond donors (Lipinski definition) is 0.